The van der Waals surface area contributed by atoms with E-state index in [1.165, 1.54) is 14.2 Å². The number of nitrogens with zero attached hydrogens (tertiary/aromatic N) is 4. The van der Waals surface area contributed by atoms with Crippen LogP contribution in [0.5, 0.6) is 0 Å². The van der Waals surface area contributed by atoms with Gasteiger partial charge < -0.3 is 39.9 Å². The molecular weight excluding hydrogens is 793 g/mol. The zero-order valence-corrected chi connectivity index (χ0v) is 38.3. The van der Waals surface area contributed by atoms with Gasteiger partial charge in [0.05, 0.1) is 64.5 Å². The zero-order valence-electron chi connectivity index (χ0n) is 36.3. The number of ether oxygens (including phenoxy) is 2. The standard InChI is InChI=1S/C44H58N8O6Si2/c1-25(2)37(49-43(55)57-5)41(53)51-23-59(7,8)21-35(51)39-45-31-17-15-29(19-33(31)47-39)27-11-13-28(14-12-27)30-16-18-32-34(20-30)48-40(46-32)36-22-60(9,10)24-52(36)42(54)38(26(3)4)50-44(56)58-6/h11-20,25-26,35-38H,21-24H2,1-10H3,(H,45,47)(H,46,48)(H,49,55)(H,50,56)/t35-,36-,37-,38-/m0/s1. The summed E-state index contributed by atoms with van der Waals surface area (Å²) in [6.07, 6.45) is 0.129. The quantitative estimate of drug-likeness (QED) is 0.103. The summed E-state index contributed by atoms with van der Waals surface area (Å²) in [5.74, 6) is 1.06. The van der Waals surface area contributed by atoms with Gasteiger partial charge in [-0.05, 0) is 70.4 Å². The Hall–Kier alpha value is -5.49. The summed E-state index contributed by atoms with van der Waals surface area (Å²) in [5, 5.41) is 5.50. The lowest BCUT2D eigenvalue weighted by atomic mass is 10.00. The molecule has 60 heavy (non-hydrogen) atoms. The molecule has 4 N–H and O–H groups in total. The molecular formula is C44H58N8O6Si2. The van der Waals surface area contributed by atoms with E-state index in [4.69, 9.17) is 19.4 Å². The molecule has 2 aliphatic heterocycles. The lowest BCUT2D eigenvalue weighted by Crippen LogP contribution is -2.52. The van der Waals surface area contributed by atoms with Crippen molar-refractivity contribution in [3.05, 3.63) is 72.3 Å². The maximum atomic E-state index is 13.9. The van der Waals surface area contributed by atoms with Crippen molar-refractivity contribution < 1.29 is 28.7 Å². The number of H-pyrrole nitrogens is 2. The summed E-state index contributed by atoms with van der Waals surface area (Å²) in [5.41, 5.74) is 7.62. The fourth-order valence-corrected chi connectivity index (χ4v) is 14.6. The largest absolute Gasteiger partial charge is 0.453 e. The van der Waals surface area contributed by atoms with Crippen LogP contribution in [0.1, 0.15) is 51.4 Å². The van der Waals surface area contributed by atoms with Crippen LogP contribution in [-0.4, -0.2) is 109 Å². The number of imidazole rings is 2. The number of hydrogen-bond acceptors (Lipinski definition) is 8. The number of rotatable bonds is 10. The molecule has 16 heteroatoms. The van der Waals surface area contributed by atoms with Crippen molar-refractivity contribution in [2.45, 2.75) is 90.1 Å². The molecule has 0 saturated carbocycles. The minimum Gasteiger partial charge on any atom is -0.453 e. The minimum atomic E-state index is -1.77. The second kappa shape index (κ2) is 16.5. The highest BCUT2D eigenvalue weighted by molar-refractivity contribution is 6.79. The lowest BCUT2D eigenvalue weighted by molar-refractivity contribution is -0.135. The maximum absolute atomic E-state index is 13.9. The van der Waals surface area contributed by atoms with Gasteiger partial charge in [-0.3, -0.25) is 9.59 Å². The van der Waals surface area contributed by atoms with Crippen molar-refractivity contribution in [2.75, 3.05) is 26.6 Å². The topological polar surface area (TPSA) is 175 Å². The Bertz CT molecular complexity index is 2260. The number of benzene rings is 3. The molecule has 4 heterocycles. The van der Waals surface area contributed by atoms with Gasteiger partial charge in [-0.25, -0.2) is 19.6 Å². The van der Waals surface area contributed by atoms with Crippen molar-refractivity contribution in [3.63, 3.8) is 0 Å². The van der Waals surface area contributed by atoms with Crippen LogP contribution in [0.2, 0.25) is 38.3 Å². The molecule has 0 radical (unpaired) electrons. The van der Waals surface area contributed by atoms with Crippen LogP contribution in [0.4, 0.5) is 9.59 Å². The summed E-state index contributed by atoms with van der Waals surface area (Å²) in [6.45, 7) is 16.8. The van der Waals surface area contributed by atoms with Crippen molar-refractivity contribution in [3.8, 4) is 22.3 Å². The summed E-state index contributed by atoms with van der Waals surface area (Å²) in [6, 6.07) is 20.8. The lowest BCUT2D eigenvalue weighted by Gasteiger charge is -2.30. The molecule has 5 aromatic rings. The first-order valence-corrected chi connectivity index (χ1v) is 27.6. The molecule has 0 unspecified atom stereocenters. The molecule has 4 atom stereocenters. The predicted octanol–water partition coefficient (Wildman–Crippen LogP) is 7.80. The van der Waals surface area contributed by atoms with Gasteiger partial charge in [0.2, 0.25) is 11.8 Å². The third kappa shape index (κ3) is 8.71. The number of methoxy groups -OCH3 is 2. The van der Waals surface area contributed by atoms with Crippen LogP contribution in [0.25, 0.3) is 44.3 Å². The molecule has 0 spiro atoms. The molecule has 0 aliphatic carbocycles. The van der Waals surface area contributed by atoms with E-state index in [0.717, 1.165) is 68.1 Å². The predicted molar refractivity (Wildman–Crippen MR) is 238 cm³/mol. The fraction of sp³-hybridized carbons (Fsp3) is 0.455. The first kappa shape index (κ1) is 42.6. The summed E-state index contributed by atoms with van der Waals surface area (Å²) < 4.78 is 9.65. The SMILES string of the molecule is COC(=O)N[C@H](C(=O)N1C[Si](C)(C)C[C@H]1c1nc2cc(-c3ccc(-c4ccc5nc([C@@H]6C[Si](C)(C)CN6C(=O)[C@@H](NC(=O)OC)C(C)C)[nH]c5c4)cc3)ccc2[nH]1)C(C)C. The normalized spacial score (nSPS) is 19.5. The Labute approximate surface area is 353 Å². The molecule has 0 bridgehead atoms. The Balaban J connectivity index is 1.10. The molecule has 14 nitrogen and oxygen atoms in total. The van der Waals surface area contributed by atoms with Gasteiger partial charge in [0, 0.05) is 12.3 Å². The van der Waals surface area contributed by atoms with Crippen LogP contribution in [0, 0.1) is 11.8 Å². The van der Waals surface area contributed by atoms with Gasteiger partial charge in [0.15, 0.2) is 0 Å². The monoisotopic (exact) mass is 850 g/mol. The summed E-state index contributed by atoms with van der Waals surface area (Å²) in [4.78, 5) is 73.1. The van der Waals surface area contributed by atoms with E-state index in [-0.39, 0.29) is 35.7 Å². The van der Waals surface area contributed by atoms with E-state index in [2.05, 4.69) is 95.3 Å². The average Bonchev–Trinajstić information content (AvgIpc) is 3.99. The van der Waals surface area contributed by atoms with E-state index in [1.54, 1.807) is 0 Å². The second-order valence-corrected chi connectivity index (χ2v) is 28.8. The molecule has 2 aromatic heterocycles. The van der Waals surface area contributed by atoms with Crippen molar-refractivity contribution in [2.24, 2.45) is 11.8 Å². The molecule has 7 rings (SSSR count). The Morgan fingerprint density at radius 2 is 1.03 bits per heavy atom. The number of amides is 4. The second-order valence-electron chi connectivity index (χ2n) is 18.7. The molecule has 318 valence electrons. The number of aromatic amines is 2. The number of carbonyl (C=O) groups is 4. The number of aromatic nitrogens is 4. The van der Waals surface area contributed by atoms with Crippen molar-refractivity contribution in [1.82, 2.24) is 40.4 Å². The third-order valence-corrected chi connectivity index (χ3v) is 17.4. The first-order chi connectivity index (χ1) is 28.4. The van der Waals surface area contributed by atoms with Crippen LogP contribution in [0.3, 0.4) is 0 Å². The van der Waals surface area contributed by atoms with Crippen LogP contribution < -0.4 is 10.6 Å². The van der Waals surface area contributed by atoms with E-state index >= 15 is 0 Å². The number of hydrogen-bond donors (Lipinski definition) is 4. The van der Waals surface area contributed by atoms with Crippen LogP contribution in [-0.2, 0) is 19.1 Å². The fourth-order valence-electron chi connectivity index (χ4n) is 8.83. The highest BCUT2D eigenvalue weighted by Crippen LogP contribution is 2.40. The number of nitrogens with one attached hydrogen (secondary N) is 4. The summed E-state index contributed by atoms with van der Waals surface area (Å²) >= 11 is 0. The summed E-state index contributed by atoms with van der Waals surface area (Å²) in [7, 11) is -0.924. The molecule has 2 saturated heterocycles. The smallest absolute Gasteiger partial charge is 0.407 e. The van der Waals surface area contributed by atoms with Gasteiger partial charge in [0.25, 0.3) is 0 Å². The Morgan fingerprint density at radius 1 is 0.617 bits per heavy atom. The third-order valence-electron chi connectivity index (χ3n) is 12.0. The van der Waals surface area contributed by atoms with Crippen LogP contribution >= 0.6 is 0 Å². The van der Waals surface area contributed by atoms with Gasteiger partial charge in [0.1, 0.15) is 23.7 Å². The van der Waals surface area contributed by atoms with Crippen molar-refractivity contribution >= 4 is 62.2 Å². The van der Waals surface area contributed by atoms with Crippen LogP contribution in [0.15, 0.2) is 60.7 Å². The van der Waals surface area contributed by atoms with E-state index < -0.39 is 40.4 Å². The van der Waals surface area contributed by atoms with Gasteiger partial charge >= 0.3 is 12.2 Å². The number of alkyl carbamates (subject to hydrolysis) is 2. The molecule has 2 aliphatic rings. The van der Waals surface area contributed by atoms with E-state index in [1.807, 2.05) is 49.6 Å². The highest BCUT2D eigenvalue weighted by atomic mass is 28.3. The number of fused-ring (bicyclic) bond motifs is 2. The zero-order chi connectivity index (χ0) is 43.3. The van der Waals surface area contributed by atoms with Gasteiger partial charge in [-0.2, -0.15) is 0 Å². The van der Waals surface area contributed by atoms with E-state index in [0.29, 0.717) is 12.3 Å². The number of carbonyl (C=O) groups excluding carboxylic acids is 4. The highest BCUT2D eigenvalue weighted by Gasteiger charge is 2.47. The first-order valence-electron chi connectivity index (χ1n) is 20.8. The molecule has 2 fully saturated rings. The maximum Gasteiger partial charge on any atom is 0.407 e. The Morgan fingerprint density at radius 3 is 1.50 bits per heavy atom. The average molecular weight is 851 g/mol. The van der Waals surface area contributed by atoms with E-state index in [9.17, 15) is 19.2 Å². The molecule has 3 aromatic carbocycles. The van der Waals surface area contributed by atoms with Gasteiger partial charge in [-0.15, -0.1) is 0 Å². The minimum absolute atomic E-state index is 0.114. The Kier molecular flexibility index (Phi) is 11.7. The van der Waals surface area contributed by atoms with Crippen molar-refractivity contribution in [1.29, 1.82) is 0 Å². The van der Waals surface area contributed by atoms with Gasteiger partial charge in [-0.1, -0.05) is 90.3 Å². The molecule has 4 amide bonds.